The molecule has 10 heteroatoms. The number of aliphatic hydroxyl groups excluding tert-OH is 1. The van der Waals surface area contributed by atoms with E-state index in [1.54, 1.807) is 0 Å². The van der Waals surface area contributed by atoms with Gasteiger partial charge in [-0.15, -0.1) is 0 Å². The van der Waals surface area contributed by atoms with Crippen molar-refractivity contribution in [2.24, 2.45) is 0 Å². The first kappa shape index (κ1) is 89.3. The zero-order chi connectivity index (χ0) is 67.8. The second-order valence-corrected chi connectivity index (χ2v) is 29.5. The SMILES string of the molecule is CCCCCCCCC(CCCCCC)OC(CCCCCC)(CCCCCCCC)OC(=O)CCCCCN1CC(O)C[C@H]1C(=O)OCCCCCCCC(=O)OC(CCCCCCCC)(CCCCCCCC)OC(CCCCCCCC)CCCCCCCC. The Labute approximate surface area is 578 Å². The van der Waals surface area contributed by atoms with Crippen molar-refractivity contribution in [2.75, 3.05) is 19.7 Å². The molecule has 0 aromatic heterocycles. The summed E-state index contributed by atoms with van der Waals surface area (Å²) in [4.78, 5) is 43.8. The third-order valence-electron chi connectivity index (χ3n) is 20.3. The molecule has 0 aromatic rings. The largest absolute Gasteiger partial charge is 0.465 e. The van der Waals surface area contributed by atoms with Gasteiger partial charge in [-0.3, -0.25) is 19.3 Å². The Bertz CT molecular complexity index is 1600. The first-order valence-electron chi connectivity index (χ1n) is 41.9. The molecule has 0 aromatic carbocycles. The van der Waals surface area contributed by atoms with Gasteiger partial charge in [0.25, 0.3) is 0 Å². The number of β-amino-alcohol motifs (C(OH)–C–C–N with tert-alkyl or cyclic N) is 1. The van der Waals surface area contributed by atoms with Crippen LogP contribution in [0.2, 0.25) is 0 Å². The third-order valence-corrected chi connectivity index (χ3v) is 20.3. The van der Waals surface area contributed by atoms with Crippen LogP contribution in [0.25, 0.3) is 0 Å². The van der Waals surface area contributed by atoms with E-state index in [2.05, 4.69) is 60.3 Å². The summed E-state index contributed by atoms with van der Waals surface area (Å²) in [5.41, 5.74) is 0. The topological polar surface area (TPSA) is 121 Å². The maximum atomic E-state index is 14.1. The van der Waals surface area contributed by atoms with Gasteiger partial charge in [-0.05, 0) is 83.6 Å². The van der Waals surface area contributed by atoms with Gasteiger partial charge in [-0.25, -0.2) is 0 Å². The molecule has 0 aliphatic carbocycles. The van der Waals surface area contributed by atoms with Gasteiger partial charge in [-0.1, -0.05) is 338 Å². The van der Waals surface area contributed by atoms with Gasteiger partial charge in [0.1, 0.15) is 6.04 Å². The Kier molecular flexibility index (Phi) is 62.3. The standard InChI is InChI=1S/C83H161NO9/c1-9-17-25-33-40-50-62-76(61-49-31-23-15-7)90-82(67-55-32-24-16-8,68-56-44-36-28-20-12-4)93-80(87)66-54-48-59-71-84-74-75(85)73-78(84)81(88)89-72-60-47-39-43-53-65-79(86)92-83(69-57-45-37-29-21-13-5,70-58-46-38-30-22-14-6)91-77(63-51-41-34-26-18-10-2)64-52-42-35-27-19-11-3/h75-78,85H,9-74H2,1-8H3/t75?,76?,78-,82?/m0/s1. The molecule has 3 unspecified atom stereocenters. The molecule has 0 amide bonds. The summed E-state index contributed by atoms with van der Waals surface area (Å²) >= 11 is 0. The normalized spacial score (nSPS) is 15.5. The van der Waals surface area contributed by atoms with Crippen LogP contribution in [-0.4, -0.2) is 83.5 Å². The van der Waals surface area contributed by atoms with Crippen molar-refractivity contribution in [1.29, 1.82) is 0 Å². The van der Waals surface area contributed by atoms with Gasteiger partial charge in [0.2, 0.25) is 11.6 Å². The Balaban J connectivity index is 2.93. The molecular formula is C83H161NO9. The molecule has 10 nitrogen and oxygen atoms in total. The molecule has 1 saturated heterocycles. The lowest BCUT2D eigenvalue weighted by molar-refractivity contribution is -0.260. The minimum absolute atomic E-state index is 0.103. The fourth-order valence-electron chi connectivity index (χ4n) is 14.3. The number of unbranched alkanes of at least 4 members (excludes halogenated alkanes) is 42. The van der Waals surface area contributed by atoms with E-state index >= 15 is 0 Å². The number of hydrogen-bond acceptors (Lipinski definition) is 10. The van der Waals surface area contributed by atoms with Crippen LogP contribution < -0.4 is 0 Å². The van der Waals surface area contributed by atoms with Crippen molar-refractivity contribution >= 4 is 17.9 Å². The number of hydrogen-bond donors (Lipinski definition) is 1. The highest BCUT2D eigenvalue weighted by molar-refractivity contribution is 5.76. The van der Waals surface area contributed by atoms with Crippen LogP contribution in [0.4, 0.5) is 0 Å². The number of ether oxygens (including phenoxy) is 5. The summed E-state index contributed by atoms with van der Waals surface area (Å²) in [5, 5.41) is 10.8. The lowest BCUT2D eigenvalue weighted by atomic mass is 9.97. The maximum absolute atomic E-state index is 14.1. The van der Waals surface area contributed by atoms with Crippen LogP contribution in [-0.2, 0) is 38.1 Å². The minimum atomic E-state index is -0.866. The number of nitrogens with zero attached hydrogens (tertiary/aromatic N) is 1. The summed E-state index contributed by atoms with van der Waals surface area (Å²) in [6.45, 7) is 19.7. The molecule has 1 aliphatic rings. The fraction of sp³-hybridized carbons (Fsp3) is 0.964. The Hall–Kier alpha value is -1.75. The first-order valence-corrected chi connectivity index (χ1v) is 41.9. The summed E-state index contributed by atoms with van der Waals surface area (Å²) < 4.78 is 34.0. The average Bonchev–Trinajstić information content (AvgIpc) is 2.87. The monoisotopic (exact) mass is 1320 g/mol. The second-order valence-electron chi connectivity index (χ2n) is 29.5. The van der Waals surface area contributed by atoms with Gasteiger partial charge >= 0.3 is 17.9 Å². The van der Waals surface area contributed by atoms with Crippen LogP contribution in [0.1, 0.15) is 460 Å². The minimum Gasteiger partial charge on any atom is -0.465 e. The molecular weight excluding hydrogens is 1150 g/mol. The van der Waals surface area contributed by atoms with Crippen LogP contribution in [0.15, 0.2) is 0 Å². The zero-order valence-corrected chi connectivity index (χ0v) is 63.6. The summed E-state index contributed by atoms with van der Waals surface area (Å²) in [7, 11) is 0. The molecule has 552 valence electrons. The highest BCUT2D eigenvalue weighted by atomic mass is 16.7. The highest BCUT2D eigenvalue weighted by Gasteiger charge is 2.40. The predicted octanol–water partition coefficient (Wildman–Crippen LogP) is 25.6. The summed E-state index contributed by atoms with van der Waals surface area (Å²) in [6.07, 6.45) is 68.7. The van der Waals surface area contributed by atoms with Crippen molar-refractivity contribution in [2.45, 2.75) is 496 Å². The fourth-order valence-corrected chi connectivity index (χ4v) is 14.3. The maximum Gasteiger partial charge on any atom is 0.323 e. The lowest BCUT2D eigenvalue weighted by Gasteiger charge is -2.37. The van der Waals surface area contributed by atoms with E-state index in [0.29, 0.717) is 39.0 Å². The molecule has 1 N–H and O–H groups in total. The second kappa shape index (κ2) is 64.9. The van der Waals surface area contributed by atoms with Crippen LogP contribution in [0.3, 0.4) is 0 Å². The quantitative estimate of drug-likeness (QED) is 0.0273. The smallest absolute Gasteiger partial charge is 0.323 e. The number of likely N-dealkylation sites (tertiary alicyclic amines) is 1. The van der Waals surface area contributed by atoms with Gasteiger partial charge in [0.15, 0.2) is 0 Å². The van der Waals surface area contributed by atoms with E-state index < -0.39 is 23.7 Å². The van der Waals surface area contributed by atoms with Crippen LogP contribution >= 0.6 is 0 Å². The molecule has 0 saturated carbocycles. The lowest BCUT2D eigenvalue weighted by Crippen LogP contribution is -2.42. The number of esters is 3. The predicted molar refractivity (Wildman–Crippen MR) is 396 cm³/mol. The molecule has 0 bridgehead atoms. The molecule has 1 heterocycles. The molecule has 0 radical (unpaired) electrons. The van der Waals surface area contributed by atoms with Gasteiger partial charge < -0.3 is 28.8 Å². The molecule has 0 spiro atoms. The average molecular weight is 1320 g/mol. The number of carbonyl (C=O) groups is 3. The van der Waals surface area contributed by atoms with Gasteiger partial charge in [0, 0.05) is 51.5 Å². The molecule has 1 aliphatic heterocycles. The summed E-state index contributed by atoms with van der Waals surface area (Å²) in [6, 6.07) is -0.450. The van der Waals surface area contributed by atoms with Crippen molar-refractivity contribution in [3.8, 4) is 0 Å². The molecule has 93 heavy (non-hydrogen) atoms. The number of aliphatic hydroxyl groups is 1. The number of carbonyl (C=O) groups excluding carboxylic acids is 3. The van der Waals surface area contributed by atoms with E-state index in [1.165, 1.54) is 225 Å². The van der Waals surface area contributed by atoms with Crippen molar-refractivity contribution < 1.29 is 43.2 Å². The van der Waals surface area contributed by atoms with E-state index in [4.69, 9.17) is 23.7 Å². The van der Waals surface area contributed by atoms with Gasteiger partial charge in [0.05, 0.1) is 24.9 Å². The third kappa shape index (κ3) is 51.1. The summed E-state index contributed by atoms with van der Waals surface area (Å²) in [5.74, 6) is -2.20. The molecule has 1 rings (SSSR count). The molecule has 1 fully saturated rings. The Morgan fingerprint density at radius 1 is 0.355 bits per heavy atom. The Morgan fingerprint density at radius 2 is 0.624 bits per heavy atom. The highest BCUT2D eigenvalue weighted by Crippen LogP contribution is 2.36. The number of rotatable bonds is 73. The van der Waals surface area contributed by atoms with Crippen LogP contribution in [0.5, 0.6) is 0 Å². The zero-order valence-electron chi connectivity index (χ0n) is 63.6. The Morgan fingerprint density at radius 3 is 0.968 bits per heavy atom. The van der Waals surface area contributed by atoms with E-state index in [1.807, 2.05) is 0 Å². The van der Waals surface area contributed by atoms with Gasteiger partial charge in [-0.2, -0.15) is 0 Å². The van der Waals surface area contributed by atoms with E-state index in [0.717, 1.165) is 161 Å². The van der Waals surface area contributed by atoms with Crippen molar-refractivity contribution in [3.05, 3.63) is 0 Å². The van der Waals surface area contributed by atoms with E-state index in [-0.39, 0.29) is 30.1 Å². The van der Waals surface area contributed by atoms with E-state index in [9.17, 15) is 19.5 Å². The molecule has 4 atom stereocenters. The van der Waals surface area contributed by atoms with Crippen molar-refractivity contribution in [3.63, 3.8) is 0 Å². The first-order chi connectivity index (χ1) is 45.5. The van der Waals surface area contributed by atoms with Crippen molar-refractivity contribution in [1.82, 2.24) is 4.90 Å². The van der Waals surface area contributed by atoms with Crippen LogP contribution in [0, 0.1) is 0 Å².